The highest BCUT2D eigenvalue weighted by Crippen LogP contribution is 2.31. The van der Waals surface area contributed by atoms with Crippen molar-refractivity contribution in [3.05, 3.63) is 71.4 Å². The molecule has 0 amide bonds. The number of alkyl halides is 3. The lowest BCUT2D eigenvalue weighted by molar-refractivity contribution is -0.159. The van der Waals surface area contributed by atoms with Crippen molar-refractivity contribution in [2.45, 2.75) is 18.7 Å². The van der Waals surface area contributed by atoms with Crippen LogP contribution in [0.25, 0.3) is 11.4 Å². The Morgan fingerprint density at radius 3 is 2.22 bits per heavy atom. The molecule has 0 aliphatic carbocycles. The van der Waals surface area contributed by atoms with Crippen molar-refractivity contribution >= 4 is 5.71 Å². The molecule has 1 atom stereocenters. The largest absolute Gasteiger partial charge is 0.471 e. The van der Waals surface area contributed by atoms with Crippen molar-refractivity contribution in [3.63, 3.8) is 0 Å². The standard InChI is InChI=1S/C18H11F4N3O2/c19-13-7-5-11(6-8-13)15-9-14(24-26-15)10-1-3-12(4-2-10)16-23-17(27-25-16)18(20,21)22/h1-8,15H,9H2. The Hall–Kier alpha value is -3.23. The smallest absolute Gasteiger partial charge is 0.387 e. The summed E-state index contributed by atoms with van der Waals surface area (Å²) in [5, 5.41) is 7.40. The molecule has 3 aromatic rings. The monoisotopic (exact) mass is 377 g/mol. The van der Waals surface area contributed by atoms with Crippen LogP contribution in [0.5, 0.6) is 0 Å². The van der Waals surface area contributed by atoms with E-state index in [1.165, 1.54) is 12.1 Å². The van der Waals surface area contributed by atoms with Gasteiger partial charge in [0.1, 0.15) is 5.82 Å². The van der Waals surface area contributed by atoms with E-state index in [0.29, 0.717) is 17.7 Å². The molecule has 0 N–H and O–H groups in total. The summed E-state index contributed by atoms with van der Waals surface area (Å²) in [5.74, 6) is -1.87. The number of nitrogens with zero attached hydrogens (tertiary/aromatic N) is 3. The first-order chi connectivity index (χ1) is 12.9. The summed E-state index contributed by atoms with van der Waals surface area (Å²) in [6, 6.07) is 12.5. The van der Waals surface area contributed by atoms with Gasteiger partial charge in [0.15, 0.2) is 6.10 Å². The summed E-state index contributed by atoms with van der Waals surface area (Å²) in [5.41, 5.74) is 2.62. The van der Waals surface area contributed by atoms with Crippen molar-refractivity contribution in [1.29, 1.82) is 0 Å². The number of rotatable bonds is 3. The van der Waals surface area contributed by atoms with Gasteiger partial charge < -0.3 is 9.36 Å². The minimum atomic E-state index is -4.68. The number of oxime groups is 1. The molecule has 0 spiro atoms. The van der Waals surface area contributed by atoms with Crippen LogP contribution in [0.4, 0.5) is 17.6 Å². The number of halogens is 4. The molecule has 0 radical (unpaired) electrons. The highest BCUT2D eigenvalue weighted by Gasteiger charge is 2.38. The Balaban J connectivity index is 1.48. The van der Waals surface area contributed by atoms with Crippen LogP contribution in [0, 0.1) is 5.82 Å². The van der Waals surface area contributed by atoms with E-state index < -0.39 is 12.1 Å². The molecule has 4 rings (SSSR count). The first-order valence-corrected chi connectivity index (χ1v) is 7.90. The predicted octanol–water partition coefficient (Wildman–Crippen LogP) is 4.76. The van der Waals surface area contributed by atoms with E-state index in [1.54, 1.807) is 36.4 Å². The first kappa shape index (κ1) is 17.2. The maximum atomic E-state index is 13.0. The molecule has 27 heavy (non-hydrogen) atoms. The summed E-state index contributed by atoms with van der Waals surface area (Å²) in [4.78, 5) is 8.75. The summed E-state index contributed by atoms with van der Waals surface area (Å²) >= 11 is 0. The average Bonchev–Trinajstić information content (AvgIpc) is 3.32. The molecule has 1 aromatic heterocycles. The Morgan fingerprint density at radius 2 is 1.59 bits per heavy atom. The molecule has 2 aromatic carbocycles. The normalized spacial score (nSPS) is 16.9. The van der Waals surface area contributed by atoms with E-state index in [0.717, 1.165) is 11.1 Å². The number of aromatic nitrogens is 2. The molecule has 9 heteroatoms. The molecule has 1 aliphatic heterocycles. The van der Waals surface area contributed by atoms with Crippen LogP contribution >= 0.6 is 0 Å². The third-order valence-electron chi connectivity index (χ3n) is 4.06. The molecule has 1 unspecified atom stereocenters. The molecule has 0 saturated heterocycles. The fourth-order valence-corrected chi connectivity index (χ4v) is 2.67. The van der Waals surface area contributed by atoms with Crippen LogP contribution in [-0.2, 0) is 11.0 Å². The highest BCUT2D eigenvalue weighted by atomic mass is 19.4. The second kappa shape index (κ2) is 6.49. The summed E-state index contributed by atoms with van der Waals surface area (Å²) in [7, 11) is 0. The minimum absolute atomic E-state index is 0.150. The van der Waals surface area contributed by atoms with Crippen LogP contribution in [0.2, 0.25) is 0 Å². The van der Waals surface area contributed by atoms with Crippen LogP contribution < -0.4 is 0 Å². The molecule has 1 aliphatic rings. The van der Waals surface area contributed by atoms with Crippen LogP contribution in [0.15, 0.2) is 58.2 Å². The molecular weight excluding hydrogens is 366 g/mol. The summed E-state index contributed by atoms with van der Waals surface area (Å²) < 4.78 is 54.9. The van der Waals surface area contributed by atoms with E-state index in [-0.39, 0.29) is 17.7 Å². The third-order valence-corrected chi connectivity index (χ3v) is 4.06. The zero-order chi connectivity index (χ0) is 19.0. The van der Waals surface area contributed by atoms with Gasteiger partial charge in [-0.25, -0.2) is 4.39 Å². The molecule has 2 heterocycles. The van der Waals surface area contributed by atoms with Crippen molar-refractivity contribution in [2.24, 2.45) is 5.16 Å². The Morgan fingerprint density at radius 1 is 0.926 bits per heavy atom. The molecular formula is C18H11F4N3O2. The maximum Gasteiger partial charge on any atom is 0.471 e. The fourth-order valence-electron chi connectivity index (χ4n) is 2.67. The lowest BCUT2D eigenvalue weighted by Gasteiger charge is -2.07. The Kier molecular flexibility index (Phi) is 4.14. The lowest BCUT2D eigenvalue weighted by atomic mass is 9.99. The van der Waals surface area contributed by atoms with Gasteiger partial charge in [-0.15, -0.1) is 0 Å². The highest BCUT2D eigenvalue weighted by molar-refractivity contribution is 6.01. The van der Waals surface area contributed by atoms with Crippen molar-refractivity contribution in [2.75, 3.05) is 0 Å². The zero-order valence-corrected chi connectivity index (χ0v) is 13.6. The number of benzene rings is 2. The zero-order valence-electron chi connectivity index (χ0n) is 13.6. The van der Waals surface area contributed by atoms with E-state index in [9.17, 15) is 17.6 Å². The van der Waals surface area contributed by atoms with Gasteiger partial charge in [0, 0.05) is 12.0 Å². The quantitative estimate of drug-likeness (QED) is 0.618. The van der Waals surface area contributed by atoms with Gasteiger partial charge in [-0.05, 0) is 23.3 Å². The van der Waals surface area contributed by atoms with E-state index >= 15 is 0 Å². The molecule has 5 nitrogen and oxygen atoms in total. The Labute approximate surface area is 150 Å². The van der Waals surface area contributed by atoms with Gasteiger partial charge in [0.25, 0.3) is 0 Å². The Bertz CT molecular complexity index is 979. The second-order valence-electron chi connectivity index (χ2n) is 5.89. The van der Waals surface area contributed by atoms with Crippen molar-refractivity contribution in [3.8, 4) is 11.4 Å². The van der Waals surface area contributed by atoms with E-state index in [4.69, 9.17) is 4.84 Å². The third kappa shape index (κ3) is 3.53. The lowest BCUT2D eigenvalue weighted by Crippen LogP contribution is -2.04. The number of hydrogen-bond acceptors (Lipinski definition) is 5. The number of hydrogen-bond donors (Lipinski definition) is 0. The van der Waals surface area contributed by atoms with Crippen molar-refractivity contribution < 1.29 is 26.9 Å². The van der Waals surface area contributed by atoms with Gasteiger partial charge in [-0.2, -0.15) is 18.2 Å². The van der Waals surface area contributed by atoms with Crippen LogP contribution in [0.3, 0.4) is 0 Å². The van der Waals surface area contributed by atoms with E-state index in [1.807, 2.05) is 0 Å². The predicted molar refractivity (Wildman–Crippen MR) is 86.1 cm³/mol. The summed E-state index contributed by atoms with van der Waals surface area (Å²) in [6.07, 6.45) is -4.51. The molecule has 0 saturated carbocycles. The average molecular weight is 377 g/mol. The van der Waals surface area contributed by atoms with Crippen molar-refractivity contribution in [1.82, 2.24) is 10.1 Å². The molecule has 138 valence electrons. The van der Waals surface area contributed by atoms with E-state index in [2.05, 4.69) is 19.8 Å². The van der Waals surface area contributed by atoms with Gasteiger partial charge in [-0.1, -0.05) is 46.7 Å². The topological polar surface area (TPSA) is 60.5 Å². The SMILES string of the molecule is Fc1ccc(C2CC(c3ccc(-c4noc(C(F)(F)F)n4)cc3)=NO2)cc1. The molecule has 0 bridgehead atoms. The first-order valence-electron chi connectivity index (χ1n) is 7.90. The minimum Gasteiger partial charge on any atom is -0.387 e. The van der Waals surface area contributed by atoms with Gasteiger partial charge >= 0.3 is 12.1 Å². The fraction of sp³-hybridized carbons (Fsp3) is 0.167. The molecule has 0 fully saturated rings. The van der Waals surface area contributed by atoms with Gasteiger partial charge in [0.05, 0.1) is 5.71 Å². The van der Waals surface area contributed by atoms with Gasteiger partial charge in [0.2, 0.25) is 5.82 Å². The van der Waals surface area contributed by atoms with Crippen LogP contribution in [-0.4, -0.2) is 15.9 Å². The maximum absolute atomic E-state index is 13.0. The van der Waals surface area contributed by atoms with Crippen LogP contribution in [0.1, 0.15) is 29.5 Å². The summed E-state index contributed by atoms with van der Waals surface area (Å²) in [6.45, 7) is 0. The second-order valence-corrected chi connectivity index (χ2v) is 5.89. The van der Waals surface area contributed by atoms with Gasteiger partial charge in [-0.3, -0.25) is 0 Å².